The highest BCUT2D eigenvalue weighted by atomic mass is 16.2. The first-order valence-electron chi connectivity index (χ1n) is 11.1. The lowest BCUT2D eigenvalue weighted by atomic mass is 9.80. The molecule has 1 fully saturated rings. The smallest absolute Gasteiger partial charge is 0.252 e. The van der Waals surface area contributed by atoms with E-state index in [4.69, 9.17) is 0 Å². The lowest BCUT2D eigenvalue weighted by Crippen LogP contribution is -2.45. The highest BCUT2D eigenvalue weighted by molar-refractivity contribution is 6.02. The number of aromatic amines is 1. The third kappa shape index (κ3) is 3.64. The number of rotatable bonds is 6. The average Bonchev–Trinajstić information content (AvgIpc) is 3.42. The Hall–Kier alpha value is -3.61. The van der Waals surface area contributed by atoms with Crippen LogP contribution >= 0.6 is 0 Å². The van der Waals surface area contributed by atoms with Crippen LogP contribution < -0.4 is 10.6 Å². The number of aromatic nitrogens is 1. The zero-order valence-corrected chi connectivity index (χ0v) is 17.8. The number of carbonyl (C=O) groups is 3. The molecule has 2 atom stereocenters. The maximum Gasteiger partial charge on any atom is 0.252 e. The molecule has 1 saturated heterocycles. The highest BCUT2D eigenvalue weighted by Crippen LogP contribution is 2.39. The number of hydrogen-bond acceptors (Lipinski definition) is 3. The monoisotopic (exact) mass is 430 g/mol. The normalized spacial score (nSPS) is 20.3. The van der Waals surface area contributed by atoms with Gasteiger partial charge in [-0.15, -0.1) is 0 Å². The van der Waals surface area contributed by atoms with Crippen molar-refractivity contribution in [1.82, 2.24) is 20.5 Å². The van der Waals surface area contributed by atoms with Crippen LogP contribution in [-0.2, 0) is 9.59 Å². The molecule has 7 heteroatoms. The molecular formula is C25H26N4O3. The summed E-state index contributed by atoms with van der Waals surface area (Å²) < 4.78 is 0. The second-order valence-corrected chi connectivity index (χ2v) is 8.43. The number of nitrogens with zero attached hydrogens (tertiary/aromatic N) is 1. The van der Waals surface area contributed by atoms with Gasteiger partial charge in [0.25, 0.3) is 5.91 Å². The molecule has 3 amide bonds. The lowest BCUT2D eigenvalue weighted by Gasteiger charge is -2.33. The van der Waals surface area contributed by atoms with Gasteiger partial charge < -0.3 is 20.5 Å². The molecule has 2 aliphatic heterocycles. The number of likely N-dealkylation sites (tertiary alicyclic amines) is 1. The summed E-state index contributed by atoms with van der Waals surface area (Å²) >= 11 is 0. The van der Waals surface area contributed by atoms with E-state index in [0.717, 1.165) is 35.0 Å². The molecule has 5 rings (SSSR count). The van der Waals surface area contributed by atoms with Crippen LogP contribution in [0.1, 0.15) is 52.7 Å². The van der Waals surface area contributed by atoms with Crippen molar-refractivity contribution in [3.63, 3.8) is 0 Å². The quantitative estimate of drug-likeness (QED) is 0.525. The van der Waals surface area contributed by atoms with Crippen LogP contribution in [0.15, 0.2) is 54.7 Å². The molecule has 2 unspecified atom stereocenters. The zero-order chi connectivity index (χ0) is 22.1. The highest BCUT2D eigenvalue weighted by Gasteiger charge is 2.39. The maximum absolute atomic E-state index is 13.4. The van der Waals surface area contributed by atoms with Gasteiger partial charge in [-0.1, -0.05) is 36.4 Å². The summed E-state index contributed by atoms with van der Waals surface area (Å²) in [5, 5.41) is 7.10. The zero-order valence-electron chi connectivity index (χ0n) is 17.8. The Bertz CT molecular complexity index is 1180. The van der Waals surface area contributed by atoms with E-state index in [-0.39, 0.29) is 17.7 Å². The predicted octanol–water partition coefficient (Wildman–Crippen LogP) is 2.86. The Morgan fingerprint density at radius 1 is 1.06 bits per heavy atom. The summed E-state index contributed by atoms with van der Waals surface area (Å²) in [6.45, 7) is 1.94. The van der Waals surface area contributed by atoms with Gasteiger partial charge in [0, 0.05) is 54.3 Å². The topological polar surface area (TPSA) is 94.3 Å². The summed E-state index contributed by atoms with van der Waals surface area (Å²) in [4.78, 5) is 43.2. The Kier molecular flexibility index (Phi) is 5.39. The second kappa shape index (κ2) is 8.49. The van der Waals surface area contributed by atoms with Crippen molar-refractivity contribution in [3.05, 3.63) is 71.4 Å². The van der Waals surface area contributed by atoms with Crippen molar-refractivity contribution >= 4 is 28.6 Å². The number of fused-ring (bicyclic) bond motifs is 2. The number of carbonyl (C=O) groups excluding carboxylic acids is 3. The van der Waals surface area contributed by atoms with Gasteiger partial charge in [-0.3, -0.25) is 14.4 Å². The molecular weight excluding hydrogens is 404 g/mol. The maximum atomic E-state index is 13.4. The minimum Gasteiger partial charge on any atom is -0.361 e. The van der Waals surface area contributed by atoms with Crippen LogP contribution in [0.25, 0.3) is 10.9 Å². The SMILES string of the molecule is O=C1NC(c2c[nH]c3ccccc23)C(C(=O)NCCCN2CCCC2=O)c2ccccc21. The van der Waals surface area contributed by atoms with Gasteiger partial charge in [-0.25, -0.2) is 0 Å². The van der Waals surface area contributed by atoms with Crippen molar-refractivity contribution in [1.29, 1.82) is 0 Å². The van der Waals surface area contributed by atoms with Crippen LogP contribution in [0.2, 0.25) is 0 Å². The molecule has 3 N–H and O–H groups in total. The summed E-state index contributed by atoms with van der Waals surface area (Å²) in [7, 11) is 0. The number of hydrogen-bond donors (Lipinski definition) is 3. The summed E-state index contributed by atoms with van der Waals surface area (Å²) in [6, 6.07) is 14.7. The molecule has 32 heavy (non-hydrogen) atoms. The van der Waals surface area contributed by atoms with Gasteiger partial charge in [0.05, 0.1) is 12.0 Å². The van der Waals surface area contributed by atoms with E-state index >= 15 is 0 Å². The van der Waals surface area contributed by atoms with Crippen molar-refractivity contribution in [2.24, 2.45) is 0 Å². The molecule has 1 aromatic heterocycles. The molecule has 7 nitrogen and oxygen atoms in total. The van der Waals surface area contributed by atoms with Crippen LogP contribution in [0, 0.1) is 0 Å². The molecule has 164 valence electrons. The molecule has 0 saturated carbocycles. The Morgan fingerprint density at radius 3 is 2.72 bits per heavy atom. The standard InChI is InChI=1S/C25H26N4O3/c30-21-11-5-13-29(21)14-6-12-26-25(32)22-17-8-1-2-9-18(17)24(31)28-23(22)19-15-27-20-10-4-3-7-16(19)20/h1-4,7-10,15,22-23,27H,5-6,11-14H2,(H,26,32)(H,28,31). The van der Waals surface area contributed by atoms with E-state index in [2.05, 4.69) is 15.6 Å². The number of H-pyrrole nitrogens is 1. The fourth-order valence-electron chi connectivity index (χ4n) is 4.89. The number of nitrogens with one attached hydrogen (secondary N) is 3. The first-order chi connectivity index (χ1) is 15.6. The molecule has 0 radical (unpaired) electrons. The lowest BCUT2D eigenvalue weighted by molar-refractivity contribution is -0.127. The molecule has 2 aliphatic rings. The molecule has 2 aromatic carbocycles. The van der Waals surface area contributed by atoms with Gasteiger partial charge in [-0.05, 0) is 30.5 Å². The third-order valence-corrected chi connectivity index (χ3v) is 6.47. The second-order valence-electron chi connectivity index (χ2n) is 8.43. The van der Waals surface area contributed by atoms with Gasteiger partial charge in [0.2, 0.25) is 11.8 Å². The van der Waals surface area contributed by atoms with Crippen molar-refractivity contribution in [3.8, 4) is 0 Å². The molecule has 0 spiro atoms. The predicted molar refractivity (Wildman–Crippen MR) is 121 cm³/mol. The first kappa shape index (κ1) is 20.3. The van der Waals surface area contributed by atoms with E-state index in [1.54, 1.807) is 6.07 Å². The Morgan fingerprint density at radius 2 is 1.88 bits per heavy atom. The average molecular weight is 431 g/mol. The van der Waals surface area contributed by atoms with Crippen molar-refractivity contribution < 1.29 is 14.4 Å². The van der Waals surface area contributed by atoms with Crippen LogP contribution in [0.5, 0.6) is 0 Å². The Labute approximate surface area is 186 Å². The van der Waals surface area contributed by atoms with E-state index < -0.39 is 12.0 Å². The van der Waals surface area contributed by atoms with Gasteiger partial charge in [-0.2, -0.15) is 0 Å². The van der Waals surface area contributed by atoms with Crippen LogP contribution in [0.4, 0.5) is 0 Å². The summed E-state index contributed by atoms with van der Waals surface area (Å²) in [5.41, 5.74) is 3.13. The molecule has 3 heterocycles. The summed E-state index contributed by atoms with van der Waals surface area (Å²) in [5.74, 6) is -0.649. The van der Waals surface area contributed by atoms with Crippen LogP contribution in [-0.4, -0.2) is 47.2 Å². The van der Waals surface area contributed by atoms with E-state index in [1.807, 2.05) is 53.6 Å². The molecule has 0 aliphatic carbocycles. The molecule has 0 bridgehead atoms. The Balaban J connectivity index is 1.39. The van der Waals surface area contributed by atoms with Gasteiger partial charge in [0.1, 0.15) is 0 Å². The third-order valence-electron chi connectivity index (χ3n) is 6.47. The first-order valence-corrected chi connectivity index (χ1v) is 11.1. The van der Waals surface area contributed by atoms with Crippen LogP contribution in [0.3, 0.4) is 0 Å². The number of amides is 3. The largest absolute Gasteiger partial charge is 0.361 e. The van der Waals surface area contributed by atoms with Crippen molar-refractivity contribution in [2.75, 3.05) is 19.6 Å². The summed E-state index contributed by atoms with van der Waals surface area (Å²) in [6.07, 6.45) is 4.12. The minimum absolute atomic E-state index is 0.125. The van der Waals surface area contributed by atoms with E-state index in [0.29, 0.717) is 31.5 Å². The van der Waals surface area contributed by atoms with Gasteiger partial charge in [0.15, 0.2) is 0 Å². The number of benzene rings is 2. The fourth-order valence-corrected chi connectivity index (χ4v) is 4.89. The molecule has 3 aromatic rings. The van der Waals surface area contributed by atoms with E-state index in [1.165, 1.54) is 0 Å². The number of para-hydroxylation sites is 1. The van der Waals surface area contributed by atoms with Gasteiger partial charge >= 0.3 is 0 Å². The van der Waals surface area contributed by atoms with E-state index in [9.17, 15) is 14.4 Å². The fraction of sp³-hybridized carbons (Fsp3) is 0.320. The van der Waals surface area contributed by atoms with Crippen molar-refractivity contribution in [2.45, 2.75) is 31.2 Å². The minimum atomic E-state index is -0.545.